The lowest BCUT2D eigenvalue weighted by Gasteiger charge is -2.12. The van der Waals surface area contributed by atoms with Crippen LogP contribution in [-0.4, -0.2) is 29.6 Å². The van der Waals surface area contributed by atoms with Gasteiger partial charge in [0.05, 0.1) is 6.10 Å². The topological polar surface area (TPSA) is 86.5 Å². The van der Waals surface area contributed by atoms with Crippen LogP contribution in [-0.2, 0) is 16.1 Å². The fraction of sp³-hybridized carbons (Fsp3) is 0.333. The quantitative estimate of drug-likeness (QED) is 0.838. The van der Waals surface area contributed by atoms with Crippen molar-refractivity contribution in [1.82, 2.24) is 10.3 Å². The van der Waals surface area contributed by atoms with Crippen LogP contribution in [0.1, 0.15) is 18.4 Å². The number of pyridine rings is 1. The van der Waals surface area contributed by atoms with Gasteiger partial charge in [-0.05, 0) is 42.7 Å². The van der Waals surface area contributed by atoms with Crippen molar-refractivity contribution < 1.29 is 18.7 Å². The van der Waals surface area contributed by atoms with Gasteiger partial charge in [-0.3, -0.25) is 4.79 Å². The molecule has 7 heteroatoms. The van der Waals surface area contributed by atoms with Crippen LogP contribution in [0.25, 0.3) is 0 Å². The molecule has 2 atom stereocenters. The third kappa shape index (κ3) is 4.74. The number of carbonyl (C=O) groups excluding carboxylic acids is 1. The molecule has 1 fully saturated rings. The molecular formula is C18H20FN3O3. The molecule has 0 unspecified atom stereocenters. The molecule has 0 aliphatic carbocycles. The lowest BCUT2D eigenvalue weighted by Crippen LogP contribution is -2.35. The second kappa shape index (κ2) is 8.04. The minimum absolute atomic E-state index is 0.0275. The maximum absolute atomic E-state index is 12.9. The molecule has 2 aromatic rings. The second-order valence-electron chi connectivity index (χ2n) is 5.84. The molecule has 0 bridgehead atoms. The summed E-state index contributed by atoms with van der Waals surface area (Å²) in [5, 5.41) is 2.83. The van der Waals surface area contributed by atoms with Crippen LogP contribution < -0.4 is 15.8 Å². The van der Waals surface area contributed by atoms with E-state index < -0.39 is 6.10 Å². The Hall–Kier alpha value is -2.51. The van der Waals surface area contributed by atoms with Crippen LogP contribution in [0.15, 0.2) is 42.6 Å². The number of hydrogen-bond acceptors (Lipinski definition) is 5. The highest BCUT2D eigenvalue weighted by Crippen LogP contribution is 2.20. The Labute approximate surface area is 145 Å². The molecule has 25 heavy (non-hydrogen) atoms. The summed E-state index contributed by atoms with van der Waals surface area (Å²) in [6.45, 7) is 0.791. The lowest BCUT2D eigenvalue weighted by molar-refractivity contribution is -0.132. The zero-order valence-corrected chi connectivity index (χ0v) is 13.7. The lowest BCUT2D eigenvalue weighted by atomic mass is 10.2. The van der Waals surface area contributed by atoms with E-state index in [4.69, 9.17) is 15.2 Å². The van der Waals surface area contributed by atoms with Gasteiger partial charge in [-0.2, -0.15) is 0 Å². The molecule has 1 aromatic carbocycles. The molecule has 1 aliphatic heterocycles. The largest absolute Gasteiger partial charge is 0.439 e. The van der Waals surface area contributed by atoms with Crippen molar-refractivity contribution in [3.05, 3.63) is 54.0 Å². The number of aromatic nitrogens is 1. The number of nitrogens with two attached hydrogens (primary N) is 1. The van der Waals surface area contributed by atoms with Crippen molar-refractivity contribution >= 4 is 5.91 Å². The highest BCUT2D eigenvalue weighted by Gasteiger charge is 2.29. The van der Waals surface area contributed by atoms with E-state index in [-0.39, 0.29) is 17.8 Å². The molecule has 1 amide bonds. The number of rotatable bonds is 6. The molecule has 0 spiro atoms. The maximum Gasteiger partial charge on any atom is 0.249 e. The Bertz CT molecular complexity index is 707. The van der Waals surface area contributed by atoms with Gasteiger partial charge in [0.25, 0.3) is 0 Å². The fourth-order valence-electron chi connectivity index (χ4n) is 2.57. The van der Waals surface area contributed by atoms with Gasteiger partial charge in [-0.1, -0.05) is 6.07 Å². The number of hydrogen-bond donors (Lipinski definition) is 2. The van der Waals surface area contributed by atoms with E-state index in [9.17, 15) is 9.18 Å². The van der Waals surface area contributed by atoms with Crippen LogP contribution in [0, 0.1) is 5.82 Å². The summed E-state index contributed by atoms with van der Waals surface area (Å²) in [5.41, 5.74) is 6.38. The number of halogens is 1. The van der Waals surface area contributed by atoms with Crippen LogP contribution >= 0.6 is 0 Å². The molecule has 1 aliphatic rings. The van der Waals surface area contributed by atoms with Gasteiger partial charge < -0.3 is 20.5 Å². The first-order chi connectivity index (χ1) is 12.1. The third-order valence-electron chi connectivity index (χ3n) is 3.96. The minimum atomic E-state index is -0.428. The van der Waals surface area contributed by atoms with Crippen molar-refractivity contribution in [2.75, 3.05) is 6.54 Å². The first kappa shape index (κ1) is 17.3. The summed E-state index contributed by atoms with van der Waals surface area (Å²) in [6, 6.07) is 9.20. The number of nitrogens with zero attached hydrogens (tertiary/aromatic N) is 1. The average Bonchev–Trinajstić information content (AvgIpc) is 3.12. The normalized spacial score (nSPS) is 19.6. The molecule has 1 aromatic heterocycles. The highest BCUT2D eigenvalue weighted by molar-refractivity contribution is 5.81. The van der Waals surface area contributed by atoms with E-state index in [1.165, 1.54) is 24.3 Å². The smallest absolute Gasteiger partial charge is 0.249 e. The zero-order chi connectivity index (χ0) is 17.6. The zero-order valence-electron chi connectivity index (χ0n) is 13.7. The van der Waals surface area contributed by atoms with Crippen molar-refractivity contribution in [2.45, 2.75) is 31.6 Å². The second-order valence-corrected chi connectivity index (χ2v) is 5.84. The predicted octanol–water partition coefficient (Wildman–Crippen LogP) is 2.14. The molecule has 1 saturated heterocycles. The van der Waals surface area contributed by atoms with E-state index >= 15 is 0 Å². The Morgan fingerprint density at radius 3 is 2.72 bits per heavy atom. The fourth-order valence-corrected chi connectivity index (χ4v) is 2.57. The van der Waals surface area contributed by atoms with Crippen molar-refractivity contribution in [1.29, 1.82) is 0 Å². The Balaban J connectivity index is 1.49. The number of ether oxygens (including phenoxy) is 2. The molecule has 3 rings (SSSR count). The number of nitrogens with one attached hydrogen (secondary N) is 1. The summed E-state index contributed by atoms with van der Waals surface area (Å²) < 4.78 is 23.9. The van der Waals surface area contributed by atoms with Gasteiger partial charge in [0.1, 0.15) is 17.7 Å². The minimum Gasteiger partial charge on any atom is -0.439 e. The average molecular weight is 345 g/mol. The van der Waals surface area contributed by atoms with Gasteiger partial charge in [0, 0.05) is 25.4 Å². The van der Waals surface area contributed by atoms with E-state index in [0.29, 0.717) is 31.1 Å². The third-order valence-corrected chi connectivity index (χ3v) is 3.96. The van der Waals surface area contributed by atoms with E-state index in [0.717, 1.165) is 12.0 Å². The molecule has 0 saturated carbocycles. The molecule has 0 radical (unpaired) electrons. The molecule has 132 valence electrons. The first-order valence-corrected chi connectivity index (χ1v) is 8.15. The van der Waals surface area contributed by atoms with Gasteiger partial charge in [-0.15, -0.1) is 0 Å². The summed E-state index contributed by atoms with van der Waals surface area (Å²) in [4.78, 5) is 16.2. The summed E-state index contributed by atoms with van der Waals surface area (Å²) in [6.07, 6.45) is 2.67. The maximum atomic E-state index is 12.9. The van der Waals surface area contributed by atoms with Crippen LogP contribution in [0.4, 0.5) is 4.39 Å². The molecule has 2 heterocycles. The van der Waals surface area contributed by atoms with Crippen LogP contribution in [0.2, 0.25) is 0 Å². The monoisotopic (exact) mass is 345 g/mol. The van der Waals surface area contributed by atoms with E-state index in [1.807, 2.05) is 6.07 Å². The van der Waals surface area contributed by atoms with E-state index in [2.05, 4.69) is 10.3 Å². The highest BCUT2D eigenvalue weighted by atomic mass is 19.1. The summed E-state index contributed by atoms with van der Waals surface area (Å²) in [7, 11) is 0. The van der Waals surface area contributed by atoms with Crippen LogP contribution in [0.5, 0.6) is 11.6 Å². The van der Waals surface area contributed by atoms with Crippen molar-refractivity contribution in [2.24, 2.45) is 5.73 Å². The van der Waals surface area contributed by atoms with E-state index in [1.54, 1.807) is 12.3 Å². The van der Waals surface area contributed by atoms with Gasteiger partial charge in [0.15, 0.2) is 0 Å². The Morgan fingerprint density at radius 1 is 1.28 bits per heavy atom. The number of carbonyl (C=O) groups is 1. The number of amides is 1. The molecule has 3 N–H and O–H groups in total. The summed E-state index contributed by atoms with van der Waals surface area (Å²) in [5.74, 6) is 0.437. The number of benzene rings is 1. The molecule has 6 nitrogen and oxygen atoms in total. The standard InChI is InChI=1S/C18H20FN3O3/c19-13-2-4-14(5-3-13)25-17-8-1-12(10-21-17)11-22-18(23)16-7-6-15(9-20)24-16/h1-5,8,10,15-16H,6-7,9,11,20H2,(H,22,23)/t15-,16+/m1/s1. The van der Waals surface area contributed by atoms with Crippen molar-refractivity contribution in [3.8, 4) is 11.6 Å². The SMILES string of the molecule is NC[C@H]1CC[C@@H](C(=O)NCc2ccc(Oc3ccc(F)cc3)nc2)O1. The van der Waals surface area contributed by atoms with Gasteiger partial charge >= 0.3 is 0 Å². The van der Waals surface area contributed by atoms with Crippen LogP contribution in [0.3, 0.4) is 0 Å². The van der Waals surface area contributed by atoms with Gasteiger partial charge in [0.2, 0.25) is 11.8 Å². The molecular weight excluding hydrogens is 325 g/mol. The van der Waals surface area contributed by atoms with Gasteiger partial charge in [-0.25, -0.2) is 9.37 Å². The Morgan fingerprint density at radius 2 is 2.08 bits per heavy atom. The summed E-state index contributed by atoms with van der Waals surface area (Å²) >= 11 is 0. The van der Waals surface area contributed by atoms with Crippen molar-refractivity contribution in [3.63, 3.8) is 0 Å². The predicted molar refractivity (Wildman–Crippen MR) is 89.5 cm³/mol. The first-order valence-electron chi connectivity index (χ1n) is 8.15. The Kier molecular flexibility index (Phi) is 5.57.